The number of sulfonamides is 1. The summed E-state index contributed by atoms with van der Waals surface area (Å²) in [5.41, 5.74) is 5.34. The predicted molar refractivity (Wildman–Crippen MR) is 110 cm³/mol. The van der Waals surface area contributed by atoms with Crippen molar-refractivity contribution in [3.63, 3.8) is 0 Å². The molecule has 0 aliphatic rings. The lowest BCUT2D eigenvalue weighted by Gasteiger charge is -2.17. The SMILES string of the molecule is CN(CC(=O)NNC(=O)Cc1ccccc1)S(=O)(=O)c1ccc2ccccc2c1. The number of rotatable bonds is 6. The first-order valence-electron chi connectivity index (χ1n) is 8.93. The third-order valence-electron chi connectivity index (χ3n) is 4.34. The van der Waals surface area contributed by atoms with Crippen molar-refractivity contribution in [3.8, 4) is 0 Å². The average molecular weight is 411 g/mol. The Morgan fingerprint density at radius 3 is 2.17 bits per heavy atom. The molecule has 0 aromatic heterocycles. The lowest BCUT2D eigenvalue weighted by molar-refractivity contribution is -0.128. The Balaban J connectivity index is 1.58. The van der Waals surface area contributed by atoms with Gasteiger partial charge < -0.3 is 0 Å². The van der Waals surface area contributed by atoms with E-state index in [1.54, 1.807) is 24.3 Å². The molecule has 3 aromatic rings. The summed E-state index contributed by atoms with van der Waals surface area (Å²) in [6.07, 6.45) is 0.104. The number of amides is 2. The van der Waals surface area contributed by atoms with E-state index in [1.807, 2.05) is 42.5 Å². The zero-order valence-corrected chi connectivity index (χ0v) is 16.6. The lowest BCUT2D eigenvalue weighted by Crippen LogP contribution is -2.47. The summed E-state index contributed by atoms with van der Waals surface area (Å²) < 4.78 is 26.4. The van der Waals surface area contributed by atoms with Crippen molar-refractivity contribution in [3.05, 3.63) is 78.4 Å². The van der Waals surface area contributed by atoms with Crippen LogP contribution in [0, 0.1) is 0 Å². The fourth-order valence-corrected chi connectivity index (χ4v) is 3.96. The average Bonchev–Trinajstić information content (AvgIpc) is 2.72. The molecule has 0 aliphatic heterocycles. The van der Waals surface area contributed by atoms with E-state index >= 15 is 0 Å². The van der Waals surface area contributed by atoms with Crippen molar-refractivity contribution in [1.29, 1.82) is 0 Å². The number of carbonyl (C=O) groups excluding carboxylic acids is 2. The van der Waals surface area contributed by atoms with Crippen LogP contribution in [-0.4, -0.2) is 38.1 Å². The molecule has 0 saturated heterocycles. The molecule has 0 saturated carbocycles. The minimum Gasteiger partial charge on any atom is -0.273 e. The summed E-state index contributed by atoms with van der Waals surface area (Å²) >= 11 is 0. The Morgan fingerprint density at radius 1 is 0.828 bits per heavy atom. The molecule has 3 aromatic carbocycles. The van der Waals surface area contributed by atoms with Crippen LogP contribution in [0.2, 0.25) is 0 Å². The minimum absolute atomic E-state index is 0.0969. The fraction of sp³-hybridized carbons (Fsp3) is 0.143. The summed E-state index contributed by atoms with van der Waals surface area (Å²) in [6, 6.07) is 21.3. The second-order valence-electron chi connectivity index (χ2n) is 6.53. The Bertz CT molecular complexity index is 1130. The Hall–Kier alpha value is -3.23. The first kappa shape index (κ1) is 20.5. The number of carbonyl (C=O) groups is 2. The second kappa shape index (κ2) is 8.85. The molecule has 7 nitrogen and oxygen atoms in total. The summed E-state index contributed by atoms with van der Waals surface area (Å²) in [6.45, 7) is -0.430. The molecule has 0 spiro atoms. The minimum atomic E-state index is -3.85. The van der Waals surface area contributed by atoms with Crippen LogP contribution in [0.15, 0.2) is 77.7 Å². The van der Waals surface area contributed by atoms with E-state index in [9.17, 15) is 18.0 Å². The standard InChI is InChI=1S/C21H21N3O4S/c1-24(15-21(26)23-22-20(25)13-16-7-3-2-4-8-16)29(27,28)19-12-11-17-9-5-6-10-18(17)14-19/h2-12,14H,13,15H2,1H3,(H,22,25)(H,23,26). The van der Waals surface area contributed by atoms with E-state index in [2.05, 4.69) is 10.9 Å². The van der Waals surface area contributed by atoms with Gasteiger partial charge in [-0.15, -0.1) is 0 Å². The van der Waals surface area contributed by atoms with Crippen molar-refractivity contribution < 1.29 is 18.0 Å². The van der Waals surface area contributed by atoms with Crippen LogP contribution in [0.4, 0.5) is 0 Å². The Morgan fingerprint density at radius 2 is 1.45 bits per heavy atom. The largest absolute Gasteiger partial charge is 0.273 e. The van der Waals surface area contributed by atoms with Gasteiger partial charge >= 0.3 is 0 Å². The molecule has 0 bridgehead atoms. The third kappa shape index (κ3) is 5.18. The highest BCUT2D eigenvalue weighted by Gasteiger charge is 2.23. The number of hydrogen-bond donors (Lipinski definition) is 2. The van der Waals surface area contributed by atoms with Gasteiger partial charge in [-0.1, -0.05) is 60.7 Å². The summed E-state index contributed by atoms with van der Waals surface area (Å²) in [5, 5.41) is 1.72. The maximum atomic E-state index is 12.7. The van der Waals surface area contributed by atoms with Crippen LogP contribution in [0.1, 0.15) is 5.56 Å². The zero-order valence-electron chi connectivity index (χ0n) is 15.8. The van der Waals surface area contributed by atoms with Gasteiger partial charge in [-0.3, -0.25) is 20.4 Å². The van der Waals surface area contributed by atoms with E-state index in [1.165, 1.54) is 13.1 Å². The number of hydrogen-bond acceptors (Lipinski definition) is 4. The number of benzene rings is 3. The molecular formula is C21H21N3O4S. The monoisotopic (exact) mass is 411 g/mol. The topological polar surface area (TPSA) is 95.6 Å². The molecule has 8 heteroatoms. The first-order valence-corrected chi connectivity index (χ1v) is 10.4. The van der Waals surface area contributed by atoms with Crippen molar-refractivity contribution in [2.75, 3.05) is 13.6 Å². The first-order chi connectivity index (χ1) is 13.9. The van der Waals surface area contributed by atoms with E-state index in [4.69, 9.17) is 0 Å². The van der Waals surface area contributed by atoms with Gasteiger partial charge in [0.2, 0.25) is 15.9 Å². The van der Waals surface area contributed by atoms with Crippen LogP contribution in [0.3, 0.4) is 0 Å². The van der Waals surface area contributed by atoms with Gasteiger partial charge in [0.05, 0.1) is 17.9 Å². The van der Waals surface area contributed by atoms with E-state index in [-0.39, 0.29) is 11.3 Å². The smallest absolute Gasteiger partial charge is 0.253 e. The molecule has 29 heavy (non-hydrogen) atoms. The molecule has 2 N–H and O–H groups in total. The molecule has 0 aliphatic carbocycles. The molecule has 0 atom stereocenters. The van der Waals surface area contributed by atoms with E-state index < -0.39 is 28.4 Å². The van der Waals surface area contributed by atoms with Gasteiger partial charge in [-0.05, 0) is 28.5 Å². The zero-order chi connectivity index (χ0) is 20.9. The van der Waals surface area contributed by atoms with Crippen LogP contribution in [0.25, 0.3) is 10.8 Å². The highest BCUT2D eigenvalue weighted by atomic mass is 32.2. The third-order valence-corrected chi connectivity index (χ3v) is 6.14. The quantitative estimate of drug-likeness (QED) is 0.605. The molecule has 0 fully saturated rings. The molecule has 0 heterocycles. The van der Waals surface area contributed by atoms with Crippen molar-refractivity contribution >= 4 is 32.6 Å². The van der Waals surface area contributed by atoms with Crippen molar-refractivity contribution in [2.45, 2.75) is 11.3 Å². The molecule has 0 unspecified atom stereocenters. The number of nitrogens with zero attached hydrogens (tertiary/aromatic N) is 1. The van der Waals surface area contributed by atoms with Gasteiger partial charge in [0.15, 0.2) is 0 Å². The molecular weight excluding hydrogens is 390 g/mol. The number of likely N-dealkylation sites (N-methyl/N-ethyl adjacent to an activating group) is 1. The maximum Gasteiger partial charge on any atom is 0.253 e. The second-order valence-corrected chi connectivity index (χ2v) is 8.57. The highest BCUT2D eigenvalue weighted by Crippen LogP contribution is 2.21. The van der Waals surface area contributed by atoms with Crippen LogP contribution in [-0.2, 0) is 26.0 Å². The van der Waals surface area contributed by atoms with Gasteiger partial charge in [0.25, 0.3) is 5.91 Å². The summed E-state index contributed by atoms with van der Waals surface area (Å²) in [7, 11) is -2.54. The number of nitrogens with one attached hydrogen (secondary N) is 2. The Labute approximate surface area is 169 Å². The van der Waals surface area contributed by atoms with Gasteiger partial charge in [-0.25, -0.2) is 8.42 Å². The van der Waals surface area contributed by atoms with Crippen molar-refractivity contribution in [2.24, 2.45) is 0 Å². The number of fused-ring (bicyclic) bond motifs is 1. The molecule has 0 radical (unpaired) electrons. The van der Waals surface area contributed by atoms with E-state index in [0.717, 1.165) is 20.6 Å². The normalized spacial score (nSPS) is 11.4. The predicted octanol–water partition coefficient (Wildman–Crippen LogP) is 1.85. The maximum absolute atomic E-state index is 12.7. The van der Waals surface area contributed by atoms with Crippen molar-refractivity contribution in [1.82, 2.24) is 15.2 Å². The van der Waals surface area contributed by atoms with E-state index in [0.29, 0.717) is 0 Å². The fourth-order valence-electron chi connectivity index (χ4n) is 2.80. The van der Waals surface area contributed by atoms with Gasteiger partial charge in [0.1, 0.15) is 0 Å². The number of hydrazine groups is 1. The lowest BCUT2D eigenvalue weighted by atomic mass is 10.1. The van der Waals surface area contributed by atoms with Crippen LogP contribution < -0.4 is 10.9 Å². The molecule has 150 valence electrons. The van der Waals surface area contributed by atoms with Gasteiger partial charge in [-0.2, -0.15) is 4.31 Å². The van der Waals surface area contributed by atoms with Crippen LogP contribution >= 0.6 is 0 Å². The molecule has 2 amide bonds. The summed E-state index contributed by atoms with van der Waals surface area (Å²) in [4.78, 5) is 24.1. The van der Waals surface area contributed by atoms with Gasteiger partial charge in [0, 0.05) is 7.05 Å². The van der Waals surface area contributed by atoms with Crippen LogP contribution in [0.5, 0.6) is 0 Å². The highest BCUT2D eigenvalue weighted by molar-refractivity contribution is 7.89. The Kier molecular flexibility index (Phi) is 6.26. The molecule has 3 rings (SSSR count). The summed E-state index contributed by atoms with van der Waals surface area (Å²) in [5.74, 6) is -1.04.